The number of rotatable bonds is 9. The van der Waals surface area contributed by atoms with Crippen LogP contribution in [0.5, 0.6) is 0 Å². The number of hydrogen-bond acceptors (Lipinski definition) is 3. The molecule has 0 heterocycles. The largest absolute Gasteiger partial charge is 0.352 e. The molecular weight excluding hydrogens is 472 g/mol. The Labute approximate surface area is 198 Å². The molecule has 1 aliphatic carbocycles. The number of nitrogens with zero attached hydrogens (tertiary/aromatic N) is 1. The van der Waals surface area contributed by atoms with E-state index in [0.717, 1.165) is 41.5 Å². The summed E-state index contributed by atoms with van der Waals surface area (Å²) < 4.78 is 0.995. The molecular formula is C25H31BrN2O2S. The third kappa shape index (κ3) is 7.11. The number of carbonyl (C=O) groups excluding carboxylic acids is 2. The number of thioether (sulfide) groups is 1. The fourth-order valence-electron chi connectivity index (χ4n) is 3.86. The Kier molecular flexibility index (Phi) is 9.02. The standard InChI is InChI=1S/C25H31BrN2O2S/c1-18-7-3-4-8-21(18)16-31-17-24(29)28(15-20-11-13-22(26)14-12-20)19(2)25(30)27-23-9-5-6-10-23/h3-4,7-8,11-14,19,23H,5-6,9-10,15-17H2,1-2H3,(H,27,30)/t19-/m1/s1. The SMILES string of the molecule is Cc1ccccc1CSCC(=O)N(Cc1ccc(Br)cc1)[C@H](C)C(=O)NC1CCCC1. The number of aryl methyl sites for hydroxylation is 1. The molecule has 2 aromatic rings. The van der Waals surface area contributed by atoms with Crippen LogP contribution in [0.4, 0.5) is 0 Å². The van der Waals surface area contributed by atoms with Crippen molar-refractivity contribution < 1.29 is 9.59 Å². The second-order valence-corrected chi connectivity index (χ2v) is 10.1. The van der Waals surface area contributed by atoms with Crippen molar-refractivity contribution in [3.05, 3.63) is 69.7 Å². The van der Waals surface area contributed by atoms with Crippen molar-refractivity contribution >= 4 is 39.5 Å². The van der Waals surface area contributed by atoms with Gasteiger partial charge in [0.2, 0.25) is 11.8 Å². The van der Waals surface area contributed by atoms with E-state index in [-0.39, 0.29) is 17.9 Å². The topological polar surface area (TPSA) is 49.4 Å². The average molecular weight is 504 g/mol. The summed E-state index contributed by atoms with van der Waals surface area (Å²) in [7, 11) is 0. The Morgan fingerprint density at radius 3 is 2.48 bits per heavy atom. The smallest absolute Gasteiger partial charge is 0.242 e. The van der Waals surface area contributed by atoms with Gasteiger partial charge >= 0.3 is 0 Å². The monoisotopic (exact) mass is 502 g/mol. The summed E-state index contributed by atoms with van der Waals surface area (Å²) in [5.74, 6) is 1.08. The average Bonchev–Trinajstić information content (AvgIpc) is 3.27. The van der Waals surface area contributed by atoms with Gasteiger partial charge in [-0.1, -0.05) is 65.2 Å². The maximum absolute atomic E-state index is 13.2. The highest BCUT2D eigenvalue weighted by Gasteiger charge is 2.28. The molecule has 0 spiro atoms. The van der Waals surface area contributed by atoms with Gasteiger partial charge < -0.3 is 10.2 Å². The van der Waals surface area contributed by atoms with Crippen LogP contribution in [0.15, 0.2) is 53.0 Å². The molecule has 166 valence electrons. The van der Waals surface area contributed by atoms with E-state index in [1.807, 2.05) is 43.3 Å². The van der Waals surface area contributed by atoms with Crippen LogP contribution in [0.25, 0.3) is 0 Å². The number of nitrogens with one attached hydrogen (secondary N) is 1. The number of benzene rings is 2. The Balaban J connectivity index is 1.65. The van der Waals surface area contributed by atoms with Crippen molar-refractivity contribution in [2.75, 3.05) is 5.75 Å². The number of amides is 2. The van der Waals surface area contributed by atoms with Crippen molar-refractivity contribution in [1.29, 1.82) is 0 Å². The zero-order valence-electron chi connectivity index (χ0n) is 18.3. The molecule has 1 saturated carbocycles. The zero-order valence-corrected chi connectivity index (χ0v) is 20.7. The molecule has 2 aromatic carbocycles. The van der Waals surface area contributed by atoms with Gasteiger partial charge in [-0.05, 0) is 55.5 Å². The highest BCUT2D eigenvalue weighted by molar-refractivity contribution is 9.10. The van der Waals surface area contributed by atoms with Crippen LogP contribution in [-0.2, 0) is 21.9 Å². The molecule has 6 heteroatoms. The predicted molar refractivity (Wildman–Crippen MR) is 132 cm³/mol. The minimum absolute atomic E-state index is 0.00410. The Bertz CT molecular complexity index is 881. The van der Waals surface area contributed by atoms with Gasteiger partial charge in [-0.3, -0.25) is 9.59 Å². The van der Waals surface area contributed by atoms with Gasteiger partial charge in [0.25, 0.3) is 0 Å². The first-order valence-electron chi connectivity index (χ1n) is 10.9. The van der Waals surface area contributed by atoms with Crippen molar-refractivity contribution in [1.82, 2.24) is 10.2 Å². The normalized spacial score (nSPS) is 14.9. The molecule has 0 unspecified atom stereocenters. The van der Waals surface area contributed by atoms with Crippen molar-refractivity contribution in [3.8, 4) is 0 Å². The quantitative estimate of drug-likeness (QED) is 0.494. The van der Waals surface area contributed by atoms with Crippen LogP contribution in [0, 0.1) is 6.92 Å². The summed E-state index contributed by atoms with van der Waals surface area (Å²) in [5.41, 5.74) is 3.49. The summed E-state index contributed by atoms with van der Waals surface area (Å²) in [6, 6.07) is 15.9. The van der Waals surface area contributed by atoms with Crippen LogP contribution in [0.3, 0.4) is 0 Å². The van der Waals surface area contributed by atoms with Gasteiger partial charge in [-0.2, -0.15) is 0 Å². The lowest BCUT2D eigenvalue weighted by Crippen LogP contribution is -2.50. The lowest BCUT2D eigenvalue weighted by Gasteiger charge is -2.29. The summed E-state index contributed by atoms with van der Waals surface area (Å²) >= 11 is 5.06. The van der Waals surface area contributed by atoms with E-state index >= 15 is 0 Å². The summed E-state index contributed by atoms with van der Waals surface area (Å²) in [6.07, 6.45) is 4.39. The number of carbonyl (C=O) groups is 2. The summed E-state index contributed by atoms with van der Waals surface area (Å²) in [4.78, 5) is 27.8. The highest BCUT2D eigenvalue weighted by atomic mass is 79.9. The van der Waals surface area contributed by atoms with E-state index in [2.05, 4.69) is 40.3 Å². The van der Waals surface area contributed by atoms with Crippen LogP contribution >= 0.6 is 27.7 Å². The van der Waals surface area contributed by atoms with E-state index < -0.39 is 6.04 Å². The Morgan fingerprint density at radius 2 is 1.81 bits per heavy atom. The second-order valence-electron chi connectivity index (χ2n) is 8.23. The third-order valence-corrected chi connectivity index (χ3v) is 7.37. The second kappa shape index (κ2) is 11.7. The van der Waals surface area contributed by atoms with Gasteiger partial charge in [0.15, 0.2) is 0 Å². The Morgan fingerprint density at radius 1 is 1.13 bits per heavy atom. The van der Waals surface area contributed by atoms with Crippen LogP contribution < -0.4 is 5.32 Å². The molecule has 2 amide bonds. The molecule has 4 nitrogen and oxygen atoms in total. The van der Waals surface area contributed by atoms with Gasteiger partial charge in [-0.15, -0.1) is 11.8 Å². The maximum atomic E-state index is 13.2. The van der Waals surface area contributed by atoms with Gasteiger partial charge in [-0.25, -0.2) is 0 Å². The van der Waals surface area contributed by atoms with Gasteiger partial charge in [0.1, 0.15) is 6.04 Å². The van der Waals surface area contributed by atoms with Crippen LogP contribution in [0.2, 0.25) is 0 Å². The number of halogens is 1. The van der Waals surface area contributed by atoms with E-state index in [9.17, 15) is 9.59 Å². The molecule has 1 N–H and O–H groups in total. The molecule has 3 rings (SSSR count). The van der Waals surface area contributed by atoms with Crippen LogP contribution in [0.1, 0.15) is 49.3 Å². The molecule has 1 aliphatic rings. The molecule has 0 saturated heterocycles. The summed E-state index contributed by atoms with van der Waals surface area (Å²) in [5, 5.41) is 3.15. The molecule has 31 heavy (non-hydrogen) atoms. The first-order valence-corrected chi connectivity index (χ1v) is 12.9. The maximum Gasteiger partial charge on any atom is 0.242 e. The lowest BCUT2D eigenvalue weighted by atomic mass is 10.1. The molecule has 0 radical (unpaired) electrons. The van der Waals surface area contributed by atoms with Crippen molar-refractivity contribution in [3.63, 3.8) is 0 Å². The van der Waals surface area contributed by atoms with E-state index in [4.69, 9.17) is 0 Å². The molecule has 1 fully saturated rings. The van der Waals surface area contributed by atoms with E-state index in [0.29, 0.717) is 12.3 Å². The highest BCUT2D eigenvalue weighted by Crippen LogP contribution is 2.21. The van der Waals surface area contributed by atoms with Gasteiger partial charge in [0, 0.05) is 22.8 Å². The van der Waals surface area contributed by atoms with E-state index in [1.165, 1.54) is 11.1 Å². The minimum Gasteiger partial charge on any atom is -0.352 e. The van der Waals surface area contributed by atoms with Gasteiger partial charge in [0.05, 0.1) is 5.75 Å². The van der Waals surface area contributed by atoms with Crippen molar-refractivity contribution in [2.45, 2.75) is 63.9 Å². The van der Waals surface area contributed by atoms with Crippen LogP contribution in [-0.4, -0.2) is 34.6 Å². The Hall–Kier alpha value is -1.79. The first-order chi connectivity index (χ1) is 14.9. The molecule has 0 aliphatic heterocycles. The molecule has 1 atom stereocenters. The number of hydrogen-bond donors (Lipinski definition) is 1. The zero-order chi connectivity index (χ0) is 22.2. The summed E-state index contributed by atoms with van der Waals surface area (Å²) in [6.45, 7) is 4.36. The van der Waals surface area contributed by atoms with Crippen molar-refractivity contribution in [2.24, 2.45) is 0 Å². The minimum atomic E-state index is -0.504. The first kappa shape index (κ1) is 23.9. The lowest BCUT2D eigenvalue weighted by molar-refractivity contribution is -0.138. The van der Waals surface area contributed by atoms with E-state index in [1.54, 1.807) is 16.7 Å². The molecule has 0 bridgehead atoms. The molecule has 0 aromatic heterocycles. The third-order valence-electron chi connectivity index (χ3n) is 5.88. The fraction of sp³-hybridized carbons (Fsp3) is 0.440. The fourth-order valence-corrected chi connectivity index (χ4v) is 5.11. The predicted octanol–water partition coefficient (Wildman–Crippen LogP) is 5.47.